The lowest BCUT2D eigenvalue weighted by Gasteiger charge is -2.25. The molecular weight excluding hydrogens is 194 g/mol. The molecule has 5 heteroatoms. The van der Waals surface area contributed by atoms with Crippen LogP contribution in [-0.2, 0) is 0 Å². The number of nitrogens with two attached hydrogens (primary N) is 1. The molecule has 1 aliphatic carbocycles. The average molecular weight is 207 g/mol. The number of oxime groups is 1. The van der Waals surface area contributed by atoms with Crippen LogP contribution in [0.3, 0.4) is 0 Å². The topological polar surface area (TPSA) is 80.7 Å². The highest BCUT2D eigenvalue weighted by molar-refractivity contribution is 5.96. The molecule has 0 atom stereocenters. The molecule has 5 nitrogen and oxygen atoms in total. The maximum atomic E-state index is 8.45. The van der Waals surface area contributed by atoms with Crippen molar-refractivity contribution >= 4 is 5.84 Å². The van der Waals surface area contributed by atoms with E-state index in [0.29, 0.717) is 17.5 Å². The molecule has 3 N–H and O–H groups in total. The molecule has 1 fully saturated rings. The summed E-state index contributed by atoms with van der Waals surface area (Å²) in [7, 11) is 0. The third-order valence-electron chi connectivity index (χ3n) is 2.48. The molecule has 15 heavy (non-hydrogen) atoms. The summed E-state index contributed by atoms with van der Waals surface area (Å²) >= 11 is 0. The number of aromatic nitrogens is 1. The highest BCUT2D eigenvalue weighted by atomic mass is 16.5. The van der Waals surface area contributed by atoms with Crippen molar-refractivity contribution in [2.75, 3.05) is 0 Å². The molecule has 0 spiro atoms. The van der Waals surface area contributed by atoms with Crippen LogP contribution in [0.1, 0.15) is 24.8 Å². The van der Waals surface area contributed by atoms with Gasteiger partial charge in [0.15, 0.2) is 5.84 Å². The molecule has 1 aromatic heterocycles. The first kappa shape index (κ1) is 9.76. The van der Waals surface area contributed by atoms with E-state index in [1.807, 2.05) is 0 Å². The van der Waals surface area contributed by atoms with Gasteiger partial charge in [0.05, 0.1) is 0 Å². The van der Waals surface area contributed by atoms with Gasteiger partial charge >= 0.3 is 0 Å². The van der Waals surface area contributed by atoms with Crippen LogP contribution in [-0.4, -0.2) is 22.1 Å². The van der Waals surface area contributed by atoms with Crippen molar-refractivity contribution in [3.8, 4) is 5.88 Å². The lowest BCUT2D eigenvalue weighted by Crippen LogP contribution is -2.25. The Kier molecular flexibility index (Phi) is 2.71. The van der Waals surface area contributed by atoms with Gasteiger partial charge in [-0.1, -0.05) is 5.16 Å². The van der Waals surface area contributed by atoms with Crippen LogP contribution in [0.5, 0.6) is 5.88 Å². The Balaban J connectivity index is 2.03. The Morgan fingerprint density at radius 1 is 1.53 bits per heavy atom. The van der Waals surface area contributed by atoms with Crippen molar-refractivity contribution in [2.45, 2.75) is 25.4 Å². The van der Waals surface area contributed by atoms with E-state index >= 15 is 0 Å². The van der Waals surface area contributed by atoms with Crippen molar-refractivity contribution in [1.82, 2.24) is 4.98 Å². The normalized spacial score (nSPS) is 17.2. The molecule has 0 radical (unpaired) electrons. The van der Waals surface area contributed by atoms with Crippen molar-refractivity contribution in [3.63, 3.8) is 0 Å². The van der Waals surface area contributed by atoms with Gasteiger partial charge in [0, 0.05) is 17.8 Å². The first-order chi connectivity index (χ1) is 7.29. The minimum absolute atomic E-state index is 0.0534. The monoisotopic (exact) mass is 207 g/mol. The molecule has 0 bridgehead atoms. The zero-order valence-corrected chi connectivity index (χ0v) is 8.26. The summed E-state index contributed by atoms with van der Waals surface area (Å²) in [5, 5.41) is 11.3. The summed E-state index contributed by atoms with van der Waals surface area (Å²) in [5.41, 5.74) is 5.98. The summed E-state index contributed by atoms with van der Waals surface area (Å²) in [6, 6.07) is 3.45. The van der Waals surface area contributed by atoms with Gasteiger partial charge in [0.25, 0.3) is 0 Å². The number of amidine groups is 1. The van der Waals surface area contributed by atoms with Crippen molar-refractivity contribution < 1.29 is 9.94 Å². The summed E-state index contributed by atoms with van der Waals surface area (Å²) in [6.45, 7) is 0. The van der Waals surface area contributed by atoms with Gasteiger partial charge in [0.2, 0.25) is 5.88 Å². The molecule has 0 saturated heterocycles. The average Bonchev–Trinajstić information content (AvgIpc) is 2.23. The number of hydrogen-bond donors (Lipinski definition) is 2. The second-order valence-corrected chi connectivity index (χ2v) is 3.54. The van der Waals surface area contributed by atoms with Gasteiger partial charge in [-0.05, 0) is 25.3 Å². The minimum atomic E-state index is 0.0534. The zero-order valence-electron chi connectivity index (χ0n) is 8.26. The van der Waals surface area contributed by atoms with Crippen LogP contribution in [0.4, 0.5) is 0 Å². The summed E-state index contributed by atoms with van der Waals surface area (Å²) in [6.07, 6.45) is 5.27. The van der Waals surface area contributed by atoms with Crippen molar-refractivity contribution in [2.24, 2.45) is 10.9 Å². The lowest BCUT2D eigenvalue weighted by molar-refractivity contribution is 0.114. The second kappa shape index (κ2) is 4.16. The number of nitrogens with zero attached hydrogens (tertiary/aromatic N) is 2. The summed E-state index contributed by atoms with van der Waals surface area (Å²) in [4.78, 5) is 4.08. The van der Waals surface area contributed by atoms with Crippen molar-refractivity contribution in [1.29, 1.82) is 0 Å². The first-order valence-corrected chi connectivity index (χ1v) is 4.90. The molecule has 2 rings (SSSR count). The molecular formula is C10H13N3O2. The van der Waals surface area contributed by atoms with Crippen LogP contribution >= 0.6 is 0 Å². The number of rotatable bonds is 3. The van der Waals surface area contributed by atoms with E-state index in [9.17, 15) is 0 Å². The fourth-order valence-electron chi connectivity index (χ4n) is 1.32. The molecule has 0 aliphatic heterocycles. The molecule has 1 aliphatic rings. The third-order valence-corrected chi connectivity index (χ3v) is 2.48. The van der Waals surface area contributed by atoms with E-state index in [4.69, 9.17) is 15.7 Å². The molecule has 0 amide bonds. The van der Waals surface area contributed by atoms with Crippen LogP contribution < -0.4 is 10.5 Å². The predicted octanol–water partition coefficient (Wildman–Crippen LogP) is 1.11. The smallest absolute Gasteiger partial charge is 0.213 e. The quantitative estimate of drug-likeness (QED) is 0.336. The molecule has 1 heterocycles. The lowest BCUT2D eigenvalue weighted by atomic mass is 9.96. The minimum Gasteiger partial charge on any atom is -0.474 e. The standard InChI is InChI=1S/C10H13N3O2/c11-10(13-14)7-4-5-9(12-6-7)15-8-2-1-3-8/h4-6,8,14H,1-3H2,(H2,11,13). The fraction of sp³-hybridized carbons (Fsp3) is 0.400. The van der Waals surface area contributed by atoms with E-state index in [1.54, 1.807) is 12.1 Å². The van der Waals surface area contributed by atoms with Gasteiger partial charge in [-0.15, -0.1) is 0 Å². The van der Waals surface area contributed by atoms with E-state index in [1.165, 1.54) is 12.6 Å². The molecule has 1 aromatic rings. The van der Waals surface area contributed by atoms with Crippen LogP contribution in [0.15, 0.2) is 23.5 Å². The molecule has 1 saturated carbocycles. The van der Waals surface area contributed by atoms with Crippen LogP contribution in [0, 0.1) is 0 Å². The Bertz CT molecular complexity index is 357. The van der Waals surface area contributed by atoms with E-state index in [0.717, 1.165) is 12.8 Å². The van der Waals surface area contributed by atoms with Gasteiger partial charge in [-0.3, -0.25) is 0 Å². The summed E-state index contributed by atoms with van der Waals surface area (Å²) in [5.74, 6) is 0.645. The fourth-order valence-corrected chi connectivity index (χ4v) is 1.32. The number of pyridine rings is 1. The molecule has 0 aromatic carbocycles. The number of hydrogen-bond acceptors (Lipinski definition) is 4. The Labute approximate surface area is 87.6 Å². The van der Waals surface area contributed by atoms with E-state index in [2.05, 4.69) is 10.1 Å². The Morgan fingerprint density at radius 2 is 2.33 bits per heavy atom. The Hall–Kier alpha value is -1.78. The summed E-state index contributed by atoms with van der Waals surface area (Å²) < 4.78 is 5.56. The van der Waals surface area contributed by atoms with Crippen molar-refractivity contribution in [3.05, 3.63) is 23.9 Å². The van der Waals surface area contributed by atoms with Gasteiger partial charge < -0.3 is 15.7 Å². The second-order valence-electron chi connectivity index (χ2n) is 3.54. The van der Waals surface area contributed by atoms with E-state index < -0.39 is 0 Å². The third kappa shape index (κ3) is 2.18. The Morgan fingerprint density at radius 3 is 2.80 bits per heavy atom. The van der Waals surface area contributed by atoms with E-state index in [-0.39, 0.29) is 5.84 Å². The van der Waals surface area contributed by atoms with Gasteiger partial charge in [0.1, 0.15) is 6.10 Å². The largest absolute Gasteiger partial charge is 0.474 e. The zero-order chi connectivity index (χ0) is 10.7. The van der Waals surface area contributed by atoms with Crippen LogP contribution in [0.2, 0.25) is 0 Å². The van der Waals surface area contributed by atoms with Gasteiger partial charge in [-0.25, -0.2) is 4.98 Å². The SMILES string of the molecule is NC(=NO)c1ccc(OC2CCC2)nc1. The highest BCUT2D eigenvalue weighted by Crippen LogP contribution is 2.23. The number of ether oxygens (including phenoxy) is 1. The predicted molar refractivity (Wildman–Crippen MR) is 55.0 cm³/mol. The van der Waals surface area contributed by atoms with Gasteiger partial charge in [-0.2, -0.15) is 0 Å². The highest BCUT2D eigenvalue weighted by Gasteiger charge is 2.19. The maximum absolute atomic E-state index is 8.45. The molecule has 80 valence electrons. The first-order valence-electron chi connectivity index (χ1n) is 4.90. The maximum Gasteiger partial charge on any atom is 0.213 e. The van der Waals surface area contributed by atoms with Crippen LogP contribution in [0.25, 0.3) is 0 Å². The molecule has 0 unspecified atom stereocenters.